The maximum Gasteiger partial charge on any atom is 0.375 e. The van der Waals surface area contributed by atoms with E-state index < -0.39 is 13.0 Å². The van der Waals surface area contributed by atoms with Crippen molar-refractivity contribution in [2.24, 2.45) is 5.41 Å². The van der Waals surface area contributed by atoms with Gasteiger partial charge in [0.25, 0.3) is 0 Å². The summed E-state index contributed by atoms with van der Waals surface area (Å²) >= 11 is 0. The molecule has 0 aromatic heterocycles. The standard InChI is InChI=1S/C9H20NO3P/c1-6-12-14(11,13-7-2)8(10)9(3,4)5/h10H,6-7H2,1-5H3. The van der Waals surface area contributed by atoms with Gasteiger partial charge in [-0.3, -0.25) is 9.97 Å². The molecule has 0 heterocycles. The lowest BCUT2D eigenvalue weighted by atomic mass is 9.99. The highest BCUT2D eigenvalue weighted by molar-refractivity contribution is 7.72. The molecule has 0 saturated carbocycles. The first-order valence-corrected chi connectivity index (χ1v) is 6.31. The lowest BCUT2D eigenvalue weighted by Gasteiger charge is -2.26. The van der Waals surface area contributed by atoms with Gasteiger partial charge in [0, 0.05) is 5.41 Å². The van der Waals surface area contributed by atoms with E-state index in [9.17, 15) is 4.57 Å². The molecule has 14 heavy (non-hydrogen) atoms. The fourth-order valence-corrected chi connectivity index (χ4v) is 2.75. The first-order valence-electron chi connectivity index (χ1n) is 4.76. The second kappa shape index (κ2) is 5.06. The highest BCUT2D eigenvalue weighted by Crippen LogP contribution is 2.53. The minimum absolute atomic E-state index is 0.0358. The molecule has 0 bridgehead atoms. The van der Waals surface area contributed by atoms with E-state index in [0.717, 1.165) is 0 Å². The summed E-state index contributed by atoms with van der Waals surface area (Å²) in [7, 11) is -3.35. The predicted octanol–water partition coefficient (Wildman–Crippen LogP) is 3.28. The minimum Gasteiger partial charge on any atom is -0.305 e. The van der Waals surface area contributed by atoms with Crippen LogP contribution in [0.5, 0.6) is 0 Å². The van der Waals surface area contributed by atoms with Gasteiger partial charge in [-0.05, 0) is 13.8 Å². The molecule has 0 rings (SSSR count). The van der Waals surface area contributed by atoms with E-state index in [1.165, 1.54) is 0 Å². The predicted molar refractivity (Wildman–Crippen MR) is 58.0 cm³/mol. The Bertz CT molecular complexity index is 235. The van der Waals surface area contributed by atoms with E-state index >= 15 is 0 Å². The summed E-state index contributed by atoms with van der Waals surface area (Å²) in [5.41, 5.74) is -0.450. The maximum absolute atomic E-state index is 12.1. The fourth-order valence-electron chi connectivity index (χ4n) is 0.917. The van der Waals surface area contributed by atoms with Crippen molar-refractivity contribution in [2.45, 2.75) is 34.6 Å². The number of hydrogen-bond acceptors (Lipinski definition) is 4. The quantitative estimate of drug-likeness (QED) is 0.572. The van der Waals surface area contributed by atoms with Gasteiger partial charge in [0.15, 0.2) is 0 Å². The summed E-state index contributed by atoms with van der Waals surface area (Å²) in [6, 6.07) is 0. The number of hydrogen-bond donors (Lipinski definition) is 1. The molecule has 0 radical (unpaired) electrons. The average Bonchev–Trinajstić information content (AvgIpc) is 2.02. The van der Waals surface area contributed by atoms with Gasteiger partial charge in [0.2, 0.25) is 0 Å². The van der Waals surface area contributed by atoms with Crippen LogP contribution >= 0.6 is 7.60 Å². The lowest BCUT2D eigenvalue weighted by Crippen LogP contribution is -2.21. The van der Waals surface area contributed by atoms with Gasteiger partial charge >= 0.3 is 7.60 Å². The smallest absolute Gasteiger partial charge is 0.305 e. The van der Waals surface area contributed by atoms with Crippen molar-refractivity contribution in [2.75, 3.05) is 13.2 Å². The first-order chi connectivity index (χ1) is 6.28. The third-order valence-corrected chi connectivity index (χ3v) is 4.00. The van der Waals surface area contributed by atoms with E-state index in [0.29, 0.717) is 0 Å². The Morgan fingerprint density at radius 2 is 1.57 bits per heavy atom. The molecule has 0 aromatic rings. The molecule has 0 spiro atoms. The van der Waals surface area contributed by atoms with Crippen LogP contribution in [0.1, 0.15) is 34.6 Å². The van der Waals surface area contributed by atoms with Crippen LogP contribution in [0.25, 0.3) is 0 Å². The number of nitrogens with one attached hydrogen (secondary N) is 1. The van der Waals surface area contributed by atoms with Crippen LogP contribution < -0.4 is 0 Å². The van der Waals surface area contributed by atoms with Crippen LogP contribution in [0, 0.1) is 10.8 Å². The van der Waals surface area contributed by atoms with Gasteiger partial charge in [-0.1, -0.05) is 20.8 Å². The van der Waals surface area contributed by atoms with Crippen molar-refractivity contribution < 1.29 is 13.6 Å². The number of rotatable bonds is 5. The summed E-state index contributed by atoms with van der Waals surface area (Å²) in [6.07, 6.45) is 0. The Morgan fingerprint density at radius 3 is 1.79 bits per heavy atom. The second-order valence-electron chi connectivity index (χ2n) is 3.93. The SMILES string of the molecule is CCOP(=O)(OCC)C(=N)C(C)(C)C. The zero-order chi connectivity index (χ0) is 11.4. The first kappa shape index (κ1) is 13.8. The van der Waals surface area contributed by atoms with E-state index in [4.69, 9.17) is 14.5 Å². The Hall–Kier alpha value is -0.180. The third kappa shape index (κ3) is 3.52. The molecule has 84 valence electrons. The van der Waals surface area contributed by atoms with Crippen molar-refractivity contribution in [3.8, 4) is 0 Å². The second-order valence-corrected chi connectivity index (χ2v) is 5.89. The summed E-state index contributed by atoms with van der Waals surface area (Å²) < 4.78 is 22.2. The maximum atomic E-state index is 12.1. The molecule has 4 nitrogen and oxygen atoms in total. The van der Waals surface area contributed by atoms with Gasteiger partial charge in [0.1, 0.15) is 5.45 Å². The van der Waals surface area contributed by atoms with Gasteiger partial charge in [-0.15, -0.1) is 0 Å². The Balaban J connectivity index is 4.83. The monoisotopic (exact) mass is 221 g/mol. The zero-order valence-corrected chi connectivity index (χ0v) is 10.5. The summed E-state index contributed by atoms with van der Waals surface area (Å²) in [6.45, 7) is 9.51. The molecule has 0 aliphatic heterocycles. The van der Waals surface area contributed by atoms with E-state index in [1.54, 1.807) is 13.8 Å². The summed E-state index contributed by atoms with van der Waals surface area (Å²) in [4.78, 5) is 0. The highest BCUT2D eigenvalue weighted by atomic mass is 31.2. The zero-order valence-electron chi connectivity index (χ0n) is 9.59. The minimum atomic E-state index is -3.35. The van der Waals surface area contributed by atoms with Crippen LogP contribution in [0.2, 0.25) is 0 Å². The topological polar surface area (TPSA) is 59.4 Å². The van der Waals surface area contributed by atoms with Crippen molar-refractivity contribution >= 4 is 13.0 Å². The molecular formula is C9H20NO3P. The van der Waals surface area contributed by atoms with E-state index in [2.05, 4.69) is 0 Å². The van der Waals surface area contributed by atoms with Crippen LogP contribution in [-0.2, 0) is 13.6 Å². The van der Waals surface area contributed by atoms with Gasteiger partial charge in [-0.25, -0.2) is 0 Å². The van der Waals surface area contributed by atoms with Gasteiger partial charge in [-0.2, -0.15) is 0 Å². The summed E-state index contributed by atoms with van der Waals surface area (Å²) in [5.74, 6) is 0. The molecule has 0 aliphatic carbocycles. The Morgan fingerprint density at radius 1 is 1.21 bits per heavy atom. The van der Waals surface area contributed by atoms with E-state index in [1.807, 2.05) is 20.8 Å². The summed E-state index contributed by atoms with van der Waals surface area (Å²) in [5, 5.41) is 7.79. The van der Waals surface area contributed by atoms with Crippen LogP contribution in [-0.4, -0.2) is 18.7 Å². The van der Waals surface area contributed by atoms with Crippen molar-refractivity contribution in [1.82, 2.24) is 0 Å². The van der Waals surface area contributed by atoms with E-state index in [-0.39, 0.29) is 18.7 Å². The van der Waals surface area contributed by atoms with Crippen molar-refractivity contribution in [3.63, 3.8) is 0 Å². The molecule has 0 aromatic carbocycles. The molecule has 5 heteroatoms. The fraction of sp³-hybridized carbons (Fsp3) is 0.889. The van der Waals surface area contributed by atoms with Crippen LogP contribution in [0.15, 0.2) is 0 Å². The molecule has 0 fully saturated rings. The van der Waals surface area contributed by atoms with Crippen LogP contribution in [0.3, 0.4) is 0 Å². The van der Waals surface area contributed by atoms with Crippen LogP contribution in [0.4, 0.5) is 0 Å². The molecule has 0 atom stereocenters. The van der Waals surface area contributed by atoms with Crippen molar-refractivity contribution in [3.05, 3.63) is 0 Å². The largest absolute Gasteiger partial charge is 0.375 e. The highest BCUT2D eigenvalue weighted by Gasteiger charge is 2.37. The molecule has 0 unspecified atom stereocenters. The van der Waals surface area contributed by atoms with Gasteiger partial charge in [0.05, 0.1) is 13.2 Å². The molecule has 0 saturated heterocycles. The van der Waals surface area contributed by atoms with Crippen molar-refractivity contribution in [1.29, 1.82) is 5.41 Å². The average molecular weight is 221 g/mol. The normalized spacial score (nSPS) is 12.9. The molecule has 0 amide bonds. The molecule has 0 aliphatic rings. The third-order valence-electron chi connectivity index (χ3n) is 1.58. The Labute approximate surface area is 86.0 Å². The molecular weight excluding hydrogens is 201 g/mol. The lowest BCUT2D eigenvalue weighted by molar-refractivity contribution is 0.230. The Kier molecular flexibility index (Phi) is 4.99. The molecule has 1 N–H and O–H groups in total. The van der Waals surface area contributed by atoms with Gasteiger partial charge < -0.3 is 9.05 Å².